The average molecular weight is 305 g/mol. The van der Waals surface area contributed by atoms with Crippen LogP contribution in [0.1, 0.15) is 23.6 Å². The molecule has 23 heavy (non-hydrogen) atoms. The largest absolute Gasteiger partial charge is 0.872 e. The maximum atomic E-state index is 11.4. The molecule has 0 aromatic heterocycles. The minimum atomic E-state index is -0.505. The van der Waals surface area contributed by atoms with Gasteiger partial charge >= 0.3 is 0 Å². The third kappa shape index (κ3) is 2.73. The molecule has 0 unspecified atom stereocenters. The fourth-order valence-electron chi connectivity index (χ4n) is 2.88. The summed E-state index contributed by atoms with van der Waals surface area (Å²) in [6.07, 6.45) is 0. The highest BCUT2D eigenvalue weighted by Gasteiger charge is 2.31. The average Bonchev–Trinajstić information content (AvgIpc) is 2.56. The molecule has 0 bridgehead atoms. The summed E-state index contributed by atoms with van der Waals surface area (Å²) in [5.74, 6) is 0.376. The van der Waals surface area contributed by atoms with E-state index in [0.717, 1.165) is 16.7 Å². The van der Waals surface area contributed by atoms with E-state index in [2.05, 4.69) is 6.92 Å². The van der Waals surface area contributed by atoms with Gasteiger partial charge in [0.2, 0.25) is 0 Å². The van der Waals surface area contributed by atoms with E-state index in [1.165, 1.54) is 0 Å². The van der Waals surface area contributed by atoms with Gasteiger partial charge in [-0.05, 0) is 47.9 Å². The van der Waals surface area contributed by atoms with Crippen molar-refractivity contribution in [3.63, 3.8) is 0 Å². The topological polar surface area (TPSA) is 63.5 Å². The molecular weight excluding hydrogens is 288 g/mol. The van der Waals surface area contributed by atoms with Gasteiger partial charge in [-0.2, -0.15) is 0 Å². The van der Waals surface area contributed by atoms with Gasteiger partial charge in [-0.1, -0.05) is 48.5 Å². The molecule has 0 amide bonds. The van der Waals surface area contributed by atoms with Crippen LogP contribution in [0.25, 0.3) is 0 Å². The Bertz CT molecular complexity index is 677. The predicted molar refractivity (Wildman–Crippen MR) is 87.7 cm³/mol. The van der Waals surface area contributed by atoms with Gasteiger partial charge in [0.25, 0.3) is 0 Å². The van der Waals surface area contributed by atoms with Gasteiger partial charge in [0.1, 0.15) is 11.5 Å². The predicted octanol–water partition coefficient (Wildman–Crippen LogP) is 3.53. The zero-order chi connectivity index (χ0) is 16.4. The zero-order valence-electron chi connectivity index (χ0n) is 12.7. The summed E-state index contributed by atoms with van der Waals surface area (Å²) in [7, 11) is 0. The van der Waals surface area contributed by atoms with Crippen molar-refractivity contribution in [2.24, 2.45) is 0 Å². The highest BCUT2D eigenvalue weighted by atomic mass is 16.3. The Balaban J connectivity index is 2.21. The number of aromatic hydroxyl groups is 2. The highest BCUT2D eigenvalue weighted by molar-refractivity contribution is 5.51. The van der Waals surface area contributed by atoms with E-state index >= 15 is 0 Å². The smallest absolute Gasteiger partial charge is 0.115 e. The van der Waals surface area contributed by atoms with Crippen molar-refractivity contribution < 1.29 is 15.3 Å². The van der Waals surface area contributed by atoms with Crippen LogP contribution in [-0.4, -0.2) is 10.2 Å². The highest BCUT2D eigenvalue weighted by Crippen LogP contribution is 2.40. The van der Waals surface area contributed by atoms with Crippen molar-refractivity contribution in [1.29, 1.82) is 0 Å². The molecule has 0 fully saturated rings. The van der Waals surface area contributed by atoms with Crippen LogP contribution < -0.4 is 5.11 Å². The number of hydrogen-bond acceptors (Lipinski definition) is 3. The van der Waals surface area contributed by atoms with Crippen LogP contribution in [0, 0.1) is 0 Å². The molecule has 0 radical (unpaired) electrons. The van der Waals surface area contributed by atoms with Crippen molar-refractivity contribution in [2.75, 3.05) is 0 Å². The lowest BCUT2D eigenvalue weighted by atomic mass is 9.71. The Labute approximate surface area is 135 Å². The minimum absolute atomic E-state index is 0.0347. The molecule has 0 aliphatic rings. The third-order valence-electron chi connectivity index (χ3n) is 4.32. The van der Waals surface area contributed by atoms with Crippen LogP contribution in [0.4, 0.5) is 0 Å². The molecule has 3 aromatic carbocycles. The van der Waals surface area contributed by atoms with Gasteiger partial charge in [-0.15, -0.1) is 5.75 Å². The van der Waals surface area contributed by atoms with Crippen molar-refractivity contribution in [2.45, 2.75) is 12.3 Å². The molecule has 3 aromatic rings. The Kier molecular flexibility index (Phi) is 3.70. The molecule has 3 rings (SSSR count). The number of phenols is 2. The minimum Gasteiger partial charge on any atom is -0.872 e. The first-order valence-electron chi connectivity index (χ1n) is 7.37. The summed E-state index contributed by atoms with van der Waals surface area (Å²) in [6, 6.07) is 20.8. The summed E-state index contributed by atoms with van der Waals surface area (Å²) < 4.78 is 0. The van der Waals surface area contributed by atoms with Gasteiger partial charge in [-0.3, -0.25) is 0 Å². The number of rotatable bonds is 3. The quantitative estimate of drug-likeness (QED) is 0.728. The zero-order valence-corrected chi connectivity index (χ0v) is 12.7. The van der Waals surface area contributed by atoms with Gasteiger partial charge in [0.15, 0.2) is 0 Å². The molecule has 3 heteroatoms. The molecule has 0 saturated carbocycles. The molecule has 2 N–H and O–H groups in total. The molecule has 116 valence electrons. The summed E-state index contributed by atoms with van der Waals surface area (Å²) in [4.78, 5) is 0. The SMILES string of the molecule is CC(c1ccc([O-])cc1)(c1ccc(O)cc1)c1ccc(O)cc1. The Hall–Kier alpha value is -2.94. The van der Waals surface area contributed by atoms with Crippen molar-refractivity contribution in [3.8, 4) is 17.2 Å². The molecule has 0 spiro atoms. The monoisotopic (exact) mass is 305 g/mol. The van der Waals surface area contributed by atoms with Crippen molar-refractivity contribution in [3.05, 3.63) is 89.5 Å². The Morgan fingerprint density at radius 2 is 0.913 bits per heavy atom. The maximum Gasteiger partial charge on any atom is 0.115 e. The van der Waals surface area contributed by atoms with E-state index in [1.54, 1.807) is 36.4 Å². The molecule has 3 nitrogen and oxygen atoms in total. The van der Waals surface area contributed by atoms with Crippen molar-refractivity contribution >= 4 is 0 Å². The lowest BCUT2D eigenvalue weighted by Gasteiger charge is -2.32. The van der Waals surface area contributed by atoms with Crippen LogP contribution >= 0.6 is 0 Å². The van der Waals surface area contributed by atoms with E-state index in [9.17, 15) is 15.3 Å². The summed E-state index contributed by atoms with van der Waals surface area (Å²) in [6.45, 7) is 2.06. The second-order valence-electron chi connectivity index (χ2n) is 5.74. The Morgan fingerprint density at radius 1 is 0.609 bits per heavy atom. The summed E-state index contributed by atoms with van der Waals surface area (Å²) in [5, 5.41) is 30.6. The van der Waals surface area contributed by atoms with E-state index < -0.39 is 5.41 Å². The van der Waals surface area contributed by atoms with Crippen molar-refractivity contribution in [1.82, 2.24) is 0 Å². The third-order valence-corrected chi connectivity index (χ3v) is 4.32. The van der Waals surface area contributed by atoms with E-state index in [4.69, 9.17) is 0 Å². The number of benzene rings is 3. The van der Waals surface area contributed by atoms with Gasteiger partial charge in [-0.25, -0.2) is 0 Å². The first-order valence-corrected chi connectivity index (χ1v) is 7.37. The number of phenolic OH excluding ortho intramolecular Hbond substituents is 2. The molecule has 0 aliphatic heterocycles. The summed E-state index contributed by atoms with van der Waals surface area (Å²) in [5.41, 5.74) is 2.43. The summed E-state index contributed by atoms with van der Waals surface area (Å²) >= 11 is 0. The fraction of sp³-hybridized carbons (Fsp3) is 0.100. The molecule has 0 atom stereocenters. The standard InChI is InChI=1S/C20H18O3/c1-20(14-2-8-17(21)9-3-14,15-4-10-18(22)11-5-15)16-6-12-19(23)13-7-16/h2-13,21-23H,1H3/p-1. The maximum absolute atomic E-state index is 11.4. The first kappa shape index (κ1) is 15.0. The molecule has 0 aliphatic carbocycles. The van der Waals surface area contributed by atoms with E-state index in [-0.39, 0.29) is 17.2 Å². The Morgan fingerprint density at radius 3 is 1.26 bits per heavy atom. The van der Waals surface area contributed by atoms with E-state index in [0.29, 0.717) is 0 Å². The van der Waals surface area contributed by atoms with Gasteiger partial charge in [0, 0.05) is 5.41 Å². The molecular formula is C20H17O3-. The van der Waals surface area contributed by atoms with Crippen LogP contribution in [-0.2, 0) is 5.41 Å². The van der Waals surface area contributed by atoms with Crippen LogP contribution in [0.3, 0.4) is 0 Å². The first-order chi connectivity index (χ1) is 11.0. The fourth-order valence-corrected chi connectivity index (χ4v) is 2.88. The van der Waals surface area contributed by atoms with Crippen LogP contribution in [0.15, 0.2) is 72.8 Å². The molecule has 0 saturated heterocycles. The van der Waals surface area contributed by atoms with E-state index in [1.807, 2.05) is 36.4 Å². The normalized spacial score (nSPS) is 11.3. The van der Waals surface area contributed by atoms with Gasteiger partial charge in [0.05, 0.1) is 0 Å². The van der Waals surface area contributed by atoms with Gasteiger partial charge < -0.3 is 15.3 Å². The second kappa shape index (κ2) is 5.69. The number of hydrogen-bond donors (Lipinski definition) is 2. The lowest BCUT2D eigenvalue weighted by Crippen LogP contribution is -2.25. The second-order valence-corrected chi connectivity index (χ2v) is 5.74. The van der Waals surface area contributed by atoms with Crippen LogP contribution in [0.5, 0.6) is 17.2 Å². The van der Waals surface area contributed by atoms with Crippen LogP contribution in [0.2, 0.25) is 0 Å². The molecule has 0 heterocycles. The lowest BCUT2D eigenvalue weighted by molar-refractivity contribution is -0.268.